The van der Waals surface area contributed by atoms with Crippen molar-refractivity contribution in [2.75, 3.05) is 5.73 Å². The Morgan fingerprint density at radius 3 is 2.13 bits per heavy atom. The molecule has 0 unspecified atom stereocenters. The molecule has 1 aromatic rings. The molecule has 0 bridgehead atoms. The van der Waals surface area contributed by atoms with E-state index in [1.54, 1.807) is 11.3 Å². The Morgan fingerprint density at radius 1 is 1.20 bits per heavy atom. The number of aromatic nitrogens is 1. The summed E-state index contributed by atoms with van der Waals surface area (Å²) in [6, 6.07) is 0. The predicted octanol–water partition coefficient (Wildman–Crippen LogP) is 4.07. The molecule has 0 atom stereocenters. The van der Waals surface area contributed by atoms with Gasteiger partial charge in [-0.05, 0) is 18.3 Å². The molecule has 0 aliphatic heterocycles. The average Bonchev–Trinajstić information content (AvgIpc) is 2.49. The average molecular weight is 228 g/mol. The van der Waals surface area contributed by atoms with Crippen LogP contribution in [0.2, 0.25) is 0 Å². The zero-order valence-electron chi connectivity index (χ0n) is 10.8. The maximum absolute atomic E-state index is 5.70. The molecule has 0 radical (unpaired) electrons. The summed E-state index contributed by atoms with van der Waals surface area (Å²) in [5.74, 6) is 1.17. The van der Waals surface area contributed by atoms with Crippen LogP contribution in [0.3, 0.4) is 0 Å². The number of rotatable bonds is 3. The standard InChI is InChI=1S/C10H18N2S.C2H6/c1-6(2)5-8-9(7(3)4)12-10(11)13-8;1-2/h6-7H,5H2,1-4H3,(H2,11,12);1-2H3. The first kappa shape index (κ1) is 14.4. The minimum absolute atomic E-state index is 0.488. The maximum Gasteiger partial charge on any atom is 0.180 e. The lowest BCUT2D eigenvalue weighted by Crippen LogP contribution is -1.98. The Balaban J connectivity index is 0.000000921. The summed E-state index contributed by atoms with van der Waals surface area (Å²) in [6.45, 7) is 12.8. The van der Waals surface area contributed by atoms with Gasteiger partial charge in [0.25, 0.3) is 0 Å². The molecule has 0 aliphatic rings. The van der Waals surface area contributed by atoms with Crippen LogP contribution in [-0.4, -0.2) is 4.98 Å². The highest BCUT2D eigenvalue weighted by Crippen LogP contribution is 2.28. The summed E-state index contributed by atoms with van der Waals surface area (Å²) in [5.41, 5.74) is 6.89. The van der Waals surface area contributed by atoms with E-state index in [1.165, 1.54) is 10.6 Å². The monoisotopic (exact) mass is 228 g/mol. The number of thiazole rings is 1. The Morgan fingerprint density at radius 2 is 1.73 bits per heavy atom. The van der Waals surface area contributed by atoms with Crippen LogP contribution in [0.1, 0.15) is 58.0 Å². The lowest BCUT2D eigenvalue weighted by atomic mass is 10.0. The van der Waals surface area contributed by atoms with Crippen molar-refractivity contribution in [3.8, 4) is 0 Å². The Labute approximate surface area is 97.9 Å². The van der Waals surface area contributed by atoms with Crippen molar-refractivity contribution < 1.29 is 0 Å². The van der Waals surface area contributed by atoms with Crippen LogP contribution in [0.4, 0.5) is 5.13 Å². The molecular weight excluding hydrogens is 204 g/mol. The third kappa shape index (κ3) is 4.65. The van der Waals surface area contributed by atoms with Gasteiger partial charge in [0.15, 0.2) is 5.13 Å². The normalized spacial score (nSPS) is 10.4. The van der Waals surface area contributed by atoms with E-state index in [4.69, 9.17) is 5.73 Å². The Kier molecular flexibility index (Phi) is 6.57. The van der Waals surface area contributed by atoms with E-state index in [1.807, 2.05) is 13.8 Å². The molecule has 0 saturated carbocycles. The highest BCUT2D eigenvalue weighted by molar-refractivity contribution is 7.15. The maximum atomic E-state index is 5.70. The quantitative estimate of drug-likeness (QED) is 0.847. The summed E-state index contributed by atoms with van der Waals surface area (Å²) in [7, 11) is 0. The summed E-state index contributed by atoms with van der Waals surface area (Å²) in [4.78, 5) is 5.72. The number of hydrogen-bond donors (Lipinski definition) is 1. The Hall–Kier alpha value is -0.570. The molecule has 1 aromatic heterocycles. The fourth-order valence-corrected chi connectivity index (χ4v) is 2.55. The summed E-state index contributed by atoms with van der Waals surface area (Å²) >= 11 is 1.64. The highest BCUT2D eigenvalue weighted by Gasteiger charge is 2.13. The van der Waals surface area contributed by atoms with Crippen LogP contribution in [-0.2, 0) is 6.42 Å². The third-order valence-corrected chi connectivity index (χ3v) is 2.81. The summed E-state index contributed by atoms with van der Waals surface area (Å²) in [5, 5.41) is 0.708. The number of nitrogens with two attached hydrogens (primary N) is 1. The molecule has 2 nitrogen and oxygen atoms in total. The molecule has 0 saturated heterocycles. The molecule has 0 amide bonds. The van der Waals surface area contributed by atoms with Crippen molar-refractivity contribution in [2.24, 2.45) is 5.92 Å². The van der Waals surface area contributed by atoms with Crippen molar-refractivity contribution in [3.63, 3.8) is 0 Å². The smallest absolute Gasteiger partial charge is 0.180 e. The first-order valence-corrected chi connectivity index (χ1v) is 6.57. The number of hydrogen-bond acceptors (Lipinski definition) is 3. The van der Waals surface area contributed by atoms with E-state index >= 15 is 0 Å². The molecule has 2 N–H and O–H groups in total. The molecular formula is C12H24N2S. The van der Waals surface area contributed by atoms with Gasteiger partial charge in [-0.25, -0.2) is 4.98 Å². The van der Waals surface area contributed by atoms with E-state index in [9.17, 15) is 0 Å². The molecule has 0 aliphatic carbocycles. The van der Waals surface area contributed by atoms with Crippen molar-refractivity contribution in [1.29, 1.82) is 0 Å². The number of nitrogens with zero attached hydrogens (tertiary/aromatic N) is 1. The van der Waals surface area contributed by atoms with Crippen molar-refractivity contribution >= 4 is 16.5 Å². The van der Waals surface area contributed by atoms with Crippen molar-refractivity contribution in [1.82, 2.24) is 4.98 Å². The van der Waals surface area contributed by atoms with Crippen molar-refractivity contribution in [3.05, 3.63) is 10.6 Å². The molecule has 3 heteroatoms. The van der Waals surface area contributed by atoms with Gasteiger partial charge >= 0.3 is 0 Å². The largest absolute Gasteiger partial charge is 0.375 e. The van der Waals surface area contributed by atoms with Crippen LogP contribution in [0.15, 0.2) is 0 Å². The van der Waals surface area contributed by atoms with Gasteiger partial charge in [-0.3, -0.25) is 0 Å². The molecule has 1 rings (SSSR count). The lowest BCUT2D eigenvalue weighted by molar-refractivity contribution is 0.643. The zero-order valence-corrected chi connectivity index (χ0v) is 11.6. The molecule has 1 heterocycles. The van der Waals surface area contributed by atoms with Crippen LogP contribution in [0.5, 0.6) is 0 Å². The summed E-state index contributed by atoms with van der Waals surface area (Å²) in [6.07, 6.45) is 1.10. The van der Waals surface area contributed by atoms with Gasteiger partial charge in [0.1, 0.15) is 0 Å². The van der Waals surface area contributed by atoms with Crippen molar-refractivity contribution in [2.45, 2.75) is 53.9 Å². The van der Waals surface area contributed by atoms with Crippen LogP contribution < -0.4 is 5.73 Å². The third-order valence-electron chi connectivity index (χ3n) is 1.88. The fourth-order valence-electron chi connectivity index (χ4n) is 1.35. The van der Waals surface area contributed by atoms with Crippen LogP contribution in [0.25, 0.3) is 0 Å². The fraction of sp³-hybridized carbons (Fsp3) is 0.750. The second kappa shape index (κ2) is 6.83. The Bertz CT molecular complexity index is 277. The molecule has 88 valence electrons. The SMILES string of the molecule is CC.CC(C)Cc1sc(N)nc1C(C)C. The van der Waals surface area contributed by atoms with Gasteiger partial charge < -0.3 is 5.73 Å². The van der Waals surface area contributed by atoms with Gasteiger partial charge in [-0.15, -0.1) is 11.3 Å². The van der Waals surface area contributed by atoms with Gasteiger partial charge in [-0.1, -0.05) is 41.5 Å². The molecule has 0 aromatic carbocycles. The first-order chi connectivity index (χ1) is 7.00. The first-order valence-electron chi connectivity index (χ1n) is 5.75. The van der Waals surface area contributed by atoms with E-state index in [0.717, 1.165) is 6.42 Å². The van der Waals surface area contributed by atoms with Gasteiger partial charge in [0, 0.05) is 4.88 Å². The zero-order chi connectivity index (χ0) is 12.0. The molecule has 15 heavy (non-hydrogen) atoms. The second-order valence-electron chi connectivity index (χ2n) is 4.11. The number of anilines is 1. The summed E-state index contributed by atoms with van der Waals surface area (Å²) < 4.78 is 0. The van der Waals surface area contributed by atoms with E-state index in [0.29, 0.717) is 17.0 Å². The van der Waals surface area contributed by atoms with Crippen LogP contribution >= 0.6 is 11.3 Å². The molecule has 0 spiro atoms. The second-order valence-corrected chi connectivity index (χ2v) is 5.23. The van der Waals surface area contributed by atoms with Gasteiger partial charge in [-0.2, -0.15) is 0 Å². The molecule has 0 fully saturated rings. The lowest BCUT2D eigenvalue weighted by Gasteiger charge is -2.06. The van der Waals surface area contributed by atoms with E-state index in [2.05, 4.69) is 32.7 Å². The topological polar surface area (TPSA) is 38.9 Å². The number of nitrogen functional groups attached to an aromatic ring is 1. The van der Waals surface area contributed by atoms with Crippen LogP contribution in [0, 0.1) is 5.92 Å². The van der Waals surface area contributed by atoms with E-state index in [-0.39, 0.29) is 0 Å². The minimum atomic E-state index is 0.488. The highest BCUT2D eigenvalue weighted by atomic mass is 32.1. The van der Waals surface area contributed by atoms with Gasteiger partial charge in [0.2, 0.25) is 0 Å². The predicted molar refractivity (Wildman–Crippen MR) is 70.5 cm³/mol. The van der Waals surface area contributed by atoms with Gasteiger partial charge in [0.05, 0.1) is 5.69 Å². The van der Waals surface area contributed by atoms with E-state index < -0.39 is 0 Å². The minimum Gasteiger partial charge on any atom is -0.375 e.